The van der Waals surface area contributed by atoms with Gasteiger partial charge in [-0.2, -0.15) is 0 Å². The number of fused-ring (bicyclic) bond motifs is 1. The third-order valence-electron chi connectivity index (χ3n) is 8.55. The van der Waals surface area contributed by atoms with Crippen molar-refractivity contribution in [2.45, 2.75) is 92.7 Å². The number of nitrogens with zero attached hydrogens (tertiary/aromatic N) is 4. The van der Waals surface area contributed by atoms with E-state index in [1.165, 1.54) is 25.8 Å². The summed E-state index contributed by atoms with van der Waals surface area (Å²) >= 11 is 0. The van der Waals surface area contributed by atoms with E-state index in [2.05, 4.69) is 49.4 Å². The maximum absolute atomic E-state index is 13.8. The van der Waals surface area contributed by atoms with Crippen molar-refractivity contribution in [1.29, 1.82) is 0 Å². The highest BCUT2D eigenvalue weighted by Gasteiger charge is 2.21. The lowest BCUT2D eigenvalue weighted by molar-refractivity contribution is 0.0740. The fourth-order valence-electron chi connectivity index (χ4n) is 5.74. The Balaban J connectivity index is 0.00000506. The van der Waals surface area contributed by atoms with E-state index in [-0.39, 0.29) is 13.1 Å². The molecular weight excluding hydrogens is 522 g/mol. The summed E-state index contributed by atoms with van der Waals surface area (Å²) in [7, 11) is 0. The molecule has 1 aliphatic heterocycles. The lowest BCUT2D eigenvalue weighted by atomic mass is 10.0. The fraction of sp³-hybridized carbons (Fsp3) is 0.571. The summed E-state index contributed by atoms with van der Waals surface area (Å²) in [5.74, 6) is 2.00. The van der Waals surface area contributed by atoms with Crippen LogP contribution >= 0.6 is 0 Å². The molecular formula is C35H53N5O2. The molecule has 1 unspecified atom stereocenters. The van der Waals surface area contributed by atoms with Gasteiger partial charge in [0.2, 0.25) is 5.95 Å². The maximum Gasteiger partial charge on any atom is 0.253 e. The standard InChI is InChI=1S/C35H51N5O2.H2/c1-25(2)17-22-39(23-18-26(3)4)34(42)30-13-16-32-33(24-30)40(21-9-20-38-19-8-7-10-27(38)5)35(37-32)36-31-14-11-29(12-15-31)28(6)41;/h11-16,24-27H,7-10,17-23H2,1-6H3,(H,36,37);1H. The zero-order valence-corrected chi connectivity index (χ0v) is 26.7. The van der Waals surface area contributed by atoms with E-state index in [9.17, 15) is 9.59 Å². The first kappa shape index (κ1) is 31.7. The Morgan fingerprint density at radius 1 is 0.976 bits per heavy atom. The minimum atomic E-state index is 0. The minimum Gasteiger partial charge on any atom is -0.339 e. The van der Waals surface area contributed by atoms with Crippen molar-refractivity contribution in [2.24, 2.45) is 11.8 Å². The Morgan fingerprint density at radius 2 is 1.64 bits per heavy atom. The van der Waals surface area contributed by atoms with Crippen LogP contribution in [0, 0.1) is 11.8 Å². The average Bonchev–Trinajstić information content (AvgIpc) is 3.29. The molecule has 2 heterocycles. The predicted molar refractivity (Wildman–Crippen MR) is 176 cm³/mol. The largest absolute Gasteiger partial charge is 0.339 e. The zero-order chi connectivity index (χ0) is 30.2. The number of rotatable bonds is 14. The van der Waals surface area contributed by atoms with Gasteiger partial charge in [0.15, 0.2) is 5.78 Å². The van der Waals surface area contributed by atoms with Gasteiger partial charge in [-0.15, -0.1) is 0 Å². The average molecular weight is 576 g/mol. The molecule has 42 heavy (non-hydrogen) atoms. The van der Waals surface area contributed by atoms with E-state index >= 15 is 0 Å². The summed E-state index contributed by atoms with van der Waals surface area (Å²) < 4.78 is 2.23. The molecule has 1 aliphatic rings. The molecule has 7 heteroatoms. The smallest absolute Gasteiger partial charge is 0.253 e. The van der Waals surface area contributed by atoms with E-state index in [0.29, 0.717) is 23.4 Å². The van der Waals surface area contributed by atoms with Crippen molar-refractivity contribution in [3.63, 3.8) is 0 Å². The second kappa shape index (κ2) is 14.8. The molecule has 2 aromatic carbocycles. The highest BCUT2D eigenvalue weighted by Crippen LogP contribution is 2.26. The number of nitrogens with one attached hydrogen (secondary N) is 1. The molecule has 3 aromatic rings. The van der Waals surface area contributed by atoms with Gasteiger partial charge in [-0.05, 0) is 107 Å². The normalized spacial score (nSPS) is 16.0. The van der Waals surface area contributed by atoms with Crippen LogP contribution in [-0.2, 0) is 6.54 Å². The minimum absolute atomic E-state index is 0. The monoisotopic (exact) mass is 575 g/mol. The molecule has 1 aromatic heterocycles. The maximum atomic E-state index is 13.8. The van der Waals surface area contributed by atoms with Gasteiger partial charge in [0.25, 0.3) is 5.91 Å². The van der Waals surface area contributed by atoms with Crippen molar-refractivity contribution < 1.29 is 11.0 Å². The molecule has 0 bridgehead atoms. The molecule has 0 radical (unpaired) electrons. The SMILES string of the molecule is CC(=O)c1ccc(Nc2nc3ccc(C(=O)N(CCC(C)C)CCC(C)C)cc3n2CCCN2CCCCC2C)cc1.[HH]. The van der Waals surface area contributed by atoms with E-state index in [0.717, 1.165) is 73.7 Å². The van der Waals surface area contributed by atoms with Gasteiger partial charge in [-0.25, -0.2) is 4.98 Å². The third-order valence-corrected chi connectivity index (χ3v) is 8.55. The molecule has 1 saturated heterocycles. The van der Waals surface area contributed by atoms with Crippen LogP contribution < -0.4 is 5.32 Å². The van der Waals surface area contributed by atoms with Crippen molar-refractivity contribution in [2.75, 3.05) is 31.5 Å². The van der Waals surface area contributed by atoms with Crippen molar-refractivity contribution >= 4 is 34.4 Å². The Morgan fingerprint density at radius 3 is 2.26 bits per heavy atom. The van der Waals surface area contributed by atoms with Gasteiger partial charge in [0.05, 0.1) is 11.0 Å². The van der Waals surface area contributed by atoms with Crippen LogP contribution in [0.15, 0.2) is 42.5 Å². The first-order valence-corrected chi connectivity index (χ1v) is 16.0. The number of carbonyl (C=O) groups is 2. The second-order valence-corrected chi connectivity index (χ2v) is 12.9. The molecule has 0 saturated carbocycles. The van der Waals surface area contributed by atoms with E-state index < -0.39 is 0 Å². The second-order valence-electron chi connectivity index (χ2n) is 12.9. The Hall–Kier alpha value is -3.19. The van der Waals surface area contributed by atoms with Gasteiger partial charge in [-0.1, -0.05) is 34.1 Å². The number of hydrogen-bond acceptors (Lipinski definition) is 5. The van der Waals surface area contributed by atoms with Gasteiger partial charge >= 0.3 is 0 Å². The molecule has 1 N–H and O–H groups in total. The highest BCUT2D eigenvalue weighted by molar-refractivity contribution is 5.98. The molecule has 0 spiro atoms. The zero-order valence-electron chi connectivity index (χ0n) is 26.7. The summed E-state index contributed by atoms with van der Waals surface area (Å²) in [6, 6.07) is 14.1. The third kappa shape index (κ3) is 8.43. The van der Waals surface area contributed by atoms with Crippen molar-refractivity contribution in [1.82, 2.24) is 19.4 Å². The molecule has 4 rings (SSSR count). The number of piperidine rings is 1. The Kier molecular flexibility index (Phi) is 11.2. The number of hydrogen-bond donors (Lipinski definition) is 1. The van der Waals surface area contributed by atoms with Crippen LogP contribution in [0.4, 0.5) is 11.6 Å². The molecule has 230 valence electrons. The highest BCUT2D eigenvalue weighted by atomic mass is 16.2. The number of aryl methyl sites for hydroxylation is 1. The van der Waals surface area contributed by atoms with Crippen molar-refractivity contribution in [3.8, 4) is 0 Å². The summed E-state index contributed by atoms with van der Waals surface area (Å²) in [5.41, 5.74) is 4.14. The summed E-state index contributed by atoms with van der Waals surface area (Å²) in [6.07, 6.45) is 6.86. The molecule has 1 fully saturated rings. The number of Topliss-reactive ketones (excluding diaryl/α,β-unsaturated/α-hetero) is 1. The van der Waals surface area contributed by atoms with Gasteiger partial charge in [-0.3, -0.25) is 9.59 Å². The van der Waals surface area contributed by atoms with E-state index in [1.807, 2.05) is 47.4 Å². The Labute approximate surface area is 254 Å². The summed E-state index contributed by atoms with van der Waals surface area (Å²) in [6.45, 7) is 17.3. The number of carbonyl (C=O) groups excluding carboxylic acids is 2. The number of anilines is 2. The lowest BCUT2D eigenvalue weighted by Crippen LogP contribution is -2.38. The van der Waals surface area contributed by atoms with Gasteiger partial charge in [0, 0.05) is 50.5 Å². The van der Waals surface area contributed by atoms with Crippen LogP contribution in [0.3, 0.4) is 0 Å². The van der Waals surface area contributed by atoms with Crippen LogP contribution in [0.1, 0.15) is 102 Å². The van der Waals surface area contributed by atoms with Crippen LogP contribution in [-0.4, -0.2) is 63.3 Å². The number of aromatic nitrogens is 2. The first-order chi connectivity index (χ1) is 20.1. The molecule has 1 atom stereocenters. The first-order valence-electron chi connectivity index (χ1n) is 16.0. The molecule has 7 nitrogen and oxygen atoms in total. The van der Waals surface area contributed by atoms with Crippen molar-refractivity contribution in [3.05, 3.63) is 53.6 Å². The van der Waals surface area contributed by atoms with Gasteiger partial charge in [0.1, 0.15) is 0 Å². The fourth-order valence-corrected chi connectivity index (χ4v) is 5.74. The quantitative estimate of drug-likeness (QED) is 0.197. The van der Waals surface area contributed by atoms with E-state index in [1.54, 1.807) is 6.92 Å². The Bertz CT molecular complexity index is 1320. The lowest BCUT2D eigenvalue weighted by Gasteiger charge is -2.33. The molecule has 0 aliphatic carbocycles. The number of imidazole rings is 1. The number of benzene rings is 2. The topological polar surface area (TPSA) is 70.5 Å². The number of amides is 1. The number of ketones is 1. The molecule has 1 amide bonds. The van der Waals surface area contributed by atoms with Crippen LogP contribution in [0.2, 0.25) is 0 Å². The van der Waals surface area contributed by atoms with Crippen LogP contribution in [0.5, 0.6) is 0 Å². The number of likely N-dealkylation sites (tertiary alicyclic amines) is 1. The summed E-state index contributed by atoms with van der Waals surface area (Å²) in [4.78, 5) is 35.2. The van der Waals surface area contributed by atoms with E-state index in [4.69, 9.17) is 4.98 Å². The predicted octanol–water partition coefficient (Wildman–Crippen LogP) is 8.03. The van der Waals surface area contributed by atoms with Crippen LogP contribution in [0.25, 0.3) is 11.0 Å². The summed E-state index contributed by atoms with van der Waals surface area (Å²) in [5, 5.41) is 3.49. The van der Waals surface area contributed by atoms with Gasteiger partial charge < -0.3 is 19.7 Å².